The standard InChI is InChI=1S/C49H38N2/c1-35-20-26-42(27-21-35)50(45-33-40(36-12-4-2-5-13-36)32-41(34-45)37-14-6-3-7-15-37)43-28-22-38(23-29-43)39-24-30-44(31-25-39)51-48-18-10-8-16-46(48)47-17-9-11-19-49(47)51/h2-8,10-16,18-34H,9,17H2,1H3. The Morgan fingerprint density at radius 3 is 1.63 bits per heavy atom. The molecule has 0 bridgehead atoms. The van der Waals surface area contributed by atoms with Gasteiger partial charge in [-0.1, -0.05) is 127 Å². The van der Waals surface area contributed by atoms with E-state index in [-0.39, 0.29) is 0 Å². The van der Waals surface area contributed by atoms with E-state index in [9.17, 15) is 0 Å². The summed E-state index contributed by atoms with van der Waals surface area (Å²) in [5, 5.41) is 1.36. The largest absolute Gasteiger partial charge is 0.310 e. The van der Waals surface area contributed by atoms with Crippen LogP contribution in [-0.4, -0.2) is 4.57 Å². The number of aryl methyl sites for hydroxylation is 2. The number of hydrogen-bond acceptors (Lipinski definition) is 1. The van der Waals surface area contributed by atoms with Gasteiger partial charge in [0.15, 0.2) is 0 Å². The first-order chi connectivity index (χ1) is 25.2. The number of para-hydroxylation sites is 1. The predicted octanol–water partition coefficient (Wildman–Crippen LogP) is 13.4. The van der Waals surface area contributed by atoms with Gasteiger partial charge in [-0.05, 0) is 125 Å². The van der Waals surface area contributed by atoms with Gasteiger partial charge < -0.3 is 9.47 Å². The van der Waals surface area contributed by atoms with Crippen LogP contribution in [-0.2, 0) is 6.42 Å². The third-order valence-corrected chi connectivity index (χ3v) is 10.1. The summed E-state index contributed by atoms with van der Waals surface area (Å²) in [4.78, 5) is 2.37. The fraction of sp³-hybridized carbons (Fsp3) is 0.0612. The molecule has 0 unspecified atom stereocenters. The van der Waals surface area contributed by atoms with Gasteiger partial charge in [0.2, 0.25) is 0 Å². The molecule has 1 aromatic heterocycles. The number of allylic oxidation sites excluding steroid dienone is 1. The van der Waals surface area contributed by atoms with E-state index >= 15 is 0 Å². The van der Waals surface area contributed by atoms with Gasteiger partial charge in [-0.25, -0.2) is 0 Å². The van der Waals surface area contributed by atoms with Crippen LogP contribution < -0.4 is 4.90 Å². The summed E-state index contributed by atoms with van der Waals surface area (Å²) < 4.78 is 2.42. The van der Waals surface area contributed by atoms with Crippen molar-refractivity contribution in [2.24, 2.45) is 0 Å². The molecular weight excluding hydrogens is 617 g/mol. The fourth-order valence-electron chi connectivity index (χ4n) is 7.55. The molecule has 0 N–H and O–H groups in total. The van der Waals surface area contributed by atoms with Crippen molar-refractivity contribution in [3.8, 4) is 39.1 Å². The van der Waals surface area contributed by atoms with Crippen molar-refractivity contribution in [2.75, 3.05) is 4.90 Å². The van der Waals surface area contributed by atoms with Gasteiger partial charge in [-0.15, -0.1) is 0 Å². The second-order valence-electron chi connectivity index (χ2n) is 13.4. The van der Waals surface area contributed by atoms with Crippen molar-refractivity contribution < 1.29 is 0 Å². The van der Waals surface area contributed by atoms with Crippen LogP contribution >= 0.6 is 0 Å². The maximum absolute atomic E-state index is 2.42. The van der Waals surface area contributed by atoms with Crippen molar-refractivity contribution >= 4 is 34.0 Å². The van der Waals surface area contributed by atoms with E-state index in [1.54, 1.807) is 0 Å². The summed E-state index contributed by atoms with van der Waals surface area (Å²) in [5.74, 6) is 0. The van der Waals surface area contributed by atoms with Crippen molar-refractivity contribution in [2.45, 2.75) is 19.8 Å². The van der Waals surface area contributed by atoms with Crippen LogP contribution in [0.2, 0.25) is 0 Å². The van der Waals surface area contributed by atoms with Crippen molar-refractivity contribution in [3.63, 3.8) is 0 Å². The highest BCUT2D eigenvalue weighted by Crippen LogP contribution is 2.41. The second kappa shape index (κ2) is 13.2. The molecule has 8 aromatic rings. The maximum atomic E-state index is 2.42. The average molecular weight is 655 g/mol. The highest BCUT2D eigenvalue weighted by molar-refractivity contribution is 5.91. The van der Waals surface area contributed by atoms with Crippen LogP contribution in [0.25, 0.3) is 56.0 Å². The topological polar surface area (TPSA) is 8.17 Å². The van der Waals surface area contributed by atoms with Crippen LogP contribution in [0, 0.1) is 6.92 Å². The summed E-state index contributed by atoms with van der Waals surface area (Å²) in [7, 11) is 0. The zero-order valence-electron chi connectivity index (χ0n) is 28.7. The SMILES string of the molecule is Cc1ccc(N(c2ccc(-c3ccc(-n4c5c(c6ccccc64)CCC=C5)cc3)cc2)c2cc(-c3ccccc3)cc(-c3ccccc3)c2)cc1. The van der Waals surface area contributed by atoms with E-state index in [4.69, 9.17) is 0 Å². The van der Waals surface area contributed by atoms with E-state index in [0.717, 1.165) is 29.9 Å². The number of fused-ring (bicyclic) bond motifs is 3. The lowest BCUT2D eigenvalue weighted by Crippen LogP contribution is -2.10. The van der Waals surface area contributed by atoms with E-state index in [2.05, 4.69) is 204 Å². The lowest BCUT2D eigenvalue weighted by atomic mass is 9.97. The maximum Gasteiger partial charge on any atom is 0.0537 e. The van der Waals surface area contributed by atoms with Gasteiger partial charge in [0.05, 0.1) is 5.52 Å². The minimum absolute atomic E-state index is 1.09. The Kier molecular flexibility index (Phi) is 7.91. The first-order valence-corrected chi connectivity index (χ1v) is 17.8. The Hall–Kier alpha value is -6.38. The molecule has 2 heteroatoms. The molecule has 0 fully saturated rings. The molecule has 1 aliphatic rings. The molecule has 51 heavy (non-hydrogen) atoms. The number of nitrogens with zero attached hydrogens (tertiary/aromatic N) is 2. The Labute approximate surface area is 300 Å². The van der Waals surface area contributed by atoms with Crippen LogP contribution in [0.4, 0.5) is 17.1 Å². The molecule has 0 spiro atoms. The van der Waals surface area contributed by atoms with Crippen LogP contribution in [0.15, 0.2) is 182 Å². The van der Waals surface area contributed by atoms with E-state index in [0.29, 0.717) is 0 Å². The van der Waals surface area contributed by atoms with Gasteiger partial charge in [-0.2, -0.15) is 0 Å². The Bertz CT molecular complexity index is 2430. The van der Waals surface area contributed by atoms with E-state index < -0.39 is 0 Å². The van der Waals surface area contributed by atoms with Crippen LogP contribution in [0.3, 0.4) is 0 Å². The molecule has 0 radical (unpaired) electrons. The molecule has 0 amide bonds. The second-order valence-corrected chi connectivity index (χ2v) is 13.4. The fourth-order valence-corrected chi connectivity index (χ4v) is 7.55. The molecule has 1 aliphatic carbocycles. The summed E-state index contributed by atoms with van der Waals surface area (Å²) in [6.07, 6.45) is 6.79. The number of hydrogen-bond donors (Lipinski definition) is 0. The van der Waals surface area contributed by atoms with E-state index in [1.165, 1.54) is 66.8 Å². The number of rotatable bonds is 7. The minimum atomic E-state index is 1.09. The first-order valence-electron chi connectivity index (χ1n) is 17.8. The zero-order valence-corrected chi connectivity index (χ0v) is 28.7. The molecule has 9 rings (SSSR count). The molecule has 2 nitrogen and oxygen atoms in total. The van der Waals surface area contributed by atoms with Crippen molar-refractivity contribution in [3.05, 3.63) is 199 Å². The Morgan fingerprint density at radius 1 is 0.471 bits per heavy atom. The highest BCUT2D eigenvalue weighted by Gasteiger charge is 2.19. The van der Waals surface area contributed by atoms with Crippen LogP contribution in [0.1, 0.15) is 23.2 Å². The van der Waals surface area contributed by atoms with Crippen molar-refractivity contribution in [1.82, 2.24) is 4.57 Å². The van der Waals surface area contributed by atoms with Gasteiger partial charge in [0, 0.05) is 33.8 Å². The summed E-state index contributed by atoms with van der Waals surface area (Å²) in [6.45, 7) is 2.14. The van der Waals surface area contributed by atoms with E-state index in [1.807, 2.05) is 0 Å². The first kappa shape index (κ1) is 30.7. The van der Waals surface area contributed by atoms with Gasteiger partial charge in [0.25, 0.3) is 0 Å². The smallest absolute Gasteiger partial charge is 0.0537 e. The molecule has 0 saturated heterocycles. The predicted molar refractivity (Wildman–Crippen MR) is 216 cm³/mol. The monoisotopic (exact) mass is 654 g/mol. The molecule has 0 atom stereocenters. The third kappa shape index (κ3) is 5.85. The molecular formula is C49H38N2. The van der Waals surface area contributed by atoms with Gasteiger partial charge >= 0.3 is 0 Å². The normalized spacial score (nSPS) is 12.2. The average Bonchev–Trinajstić information content (AvgIpc) is 3.54. The molecule has 244 valence electrons. The highest BCUT2D eigenvalue weighted by atomic mass is 15.1. The lowest BCUT2D eigenvalue weighted by molar-refractivity contribution is 0.967. The zero-order chi connectivity index (χ0) is 34.1. The third-order valence-electron chi connectivity index (χ3n) is 10.1. The van der Waals surface area contributed by atoms with Crippen molar-refractivity contribution in [1.29, 1.82) is 0 Å². The molecule has 0 aliphatic heterocycles. The summed E-state index contributed by atoms with van der Waals surface area (Å²) >= 11 is 0. The Morgan fingerprint density at radius 2 is 1.00 bits per heavy atom. The molecule has 7 aromatic carbocycles. The number of benzene rings is 7. The molecule has 0 saturated carbocycles. The Balaban J connectivity index is 1.11. The number of anilines is 3. The minimum Gasteiger partial charge on any atom is -0.310 e. The number of aromatic nitrogens is 1. The van der Waals surface area contributed by atoms with Crippen LogP contribution in [0.5, 0.6) is 0 Å². The summed E-state index contributed by atoms with van der Waals surface area (Å²) in [6, 6.07) is 63.9. The molecule has 1 heterocycles. The summed E-state index contributed by atoms with van der Waals surface area (Å²) in [5.41, 5.74) is 17.0. The van der Waals surface area contributed by atoms with Gasteiger partial charge in [-0.3, -0.25) is 0 Å². The lowest BCUT2D eigenvalue weighted by Gasteiger charge is -2.27. The van der Waals surface area contributed by atoms with Gasteiger partial charge in [0.1, 0.15) is 0 Å². The quantitative estimate of drug-likeness (QED) is 0.166.